The largest absolute Gasteiger partial charge is 0.314 e. The van der Waals surface area contributed by atoms with E-state index in [-0.39, 0.29) is 5.78 Å². The summed E-state index contributed by atoms with van der Waals surface area (Å²) in [7, 11) is 0. The number of ketones is 1. The summed E-state index contributed by atoms with van der Waals surface area (Å²) in [6.45, 7) is 6.42. The fraction of sp³-hybridized carbons (Fsp3) is 0.462. The van der Waals surface area contributed by atoms with E-state index < -0.39 is 0 Å². The molecular weight excluding hydrogens is 280 g/mol. The third kappa shape index (κ3) is 3.37. The molecule has 0 unspecified atom stereocenters. The zero-order valence-electron chi connectivity index (χ0n) is 10.0. The van der Waals surface area contributed by atoms with Crippen LogP contribution in [0.2, 0.25) is 0 Å². The first kappa shape index (κ1) is 12.7. The quantitative estimate of drug-likeness (QED) is 0.864. The third-order valence-corrected chi connectivity index (χ3v) is 3.92. The van der Waals surface area contributed by atoms with E-state index in [0.717, 1.165) is 41.8 Å². The average molecular weight is 297 g/mol. The van der Waals surface area contributed by atoms with Gasteiger partial charge in [-0.3, -0.25) is 9.69 Å². The smallest absolute Gasteiger partial charge is 0.176 e. The summed E-state index contributed by atoms with van der Waals surface area (Å²) >= 11 is 3.46. The van der Waals surface area contributed by atoms with Crippen molar-refractivity contribution in [1.82, 2.24) is 10.2 Å². The molecule has 1 aromatic rings. The molecule has 3 nitrogen and oxygen atoms in total. The van der Waals surface area contributed by atoms with Crippen molar-refractivity contribution in [1.29, 1.82) is 0 Å². The first-order valence-electron chi connectivity index (χ1n) is 5.89. The molecular formula is C13H17BrN2O. The molecule has 92 valence electrons. The molecule has 1 aliphatic heterocycles. The van der Waals surface area contributed by atoms with E-state index >= 15 is 0 Å². The Balaban J connectivity index is 2.01. The van der Waals surface area contributed by atoms with Crippen LogP contribution in [0.25, 0.3) is 0 Å². The molecule has 0 aromatic heterocycles. The molecule has 0 bridgehead atoms. The average Bonchev–Trinajstić information content (AvgIpc) is 2.34. The van der Waals surface area contributed by atoms with Gasteiger partial charge in [0, 0.05) is 36.2 Å². The number of nitrogens with one attached hydrogen (secondary N) is 1. The SMILES string of the molecule is Cc1ccc(C(=O)CN2CCNCC2)cc1Br. The summed E-state index contributed by atoms with van der Waals surface area (Å²) in [5.74, 6) is 0.201. The molecule has 0 amide bonds. The van der Waals surface area contributed by atoms with Gasteiger partial charge in [0.05, 0.1) is 6.54 Å². The number of carbonyl (C=O) groups is 1. The number of hydrogen-bond donors (Lipinski definition) is 1. The van der Waals surface area contributed by atoms with Crippen molar-refractivity contribution in [3.05, 3.63) is 33.8 Å². The molecule has 1 saturated heterocycles. The Morgan fingerprint density at radius 2 is 2.12 bits per heavy atom. The van der Waals surface area contributed by atoms with Gasteiger partial charge in [0.2, 0.25) is 0 Å². The van der Waals surface area contributed by atoms with Crippen molar-refractivity contribution < 1.29 is 4.79 Å². The van der Waals surface area contributed by atoms with Gasteiger partial charge in [-0.1, -0.05) is 28.1 Å². The highest BCUT2D eigenvalue weighted by molar-refractivity contribution is 9.10. The lowest BCUT2D eigenvalue weighted by Crippen LogP contribution is -2.45. The Morgan fingerprint density at radius 3 is 2.76 bits per heavy atom. The number of benzene rings is 1. The molecule has 1 heterocycles. The summed E-state index contributed by atoms with van der Waals surface area (Å²) in [5, 5.41) is 3.28. The van der Waals surface area contributed by atoms with Gasteiger partial charge in [0.25, 0.3) is 0 Å². The summed E-state index contributed by atoms with van der Waals surface area (Å²) in [6, 6.07) is 5.81. The van der Waals surface area contributed by atoms with Gasteiger partial charge in [0.1, 0.15) is 0 Å². The Bertz CT molecular complexity index is 414. The minimum Gasteiger partial charge on any atom is -0.314 e. The monoisotopic (exact) mass is 296 g/mol. The molecule has 0 aliphatic carbocycles. The van der Waals surface area contributed by atoms with Crippen molar-refractivity contribution >= 4 is 21.7 Å². The van der Waals surface area contributed by atoms with Crippen molar-refractivity contribution in [3.8, 4) is 0 Å². The summed E-state index contributed by atoms with van der Waals surface area (Å²) in [5.41, 5.74) is 1.95. The van der Waals surface area contributed by atoms with Crippen LogP contribution >= 0.6 is 15.9 Å². The highest BCUT2D eigenvalue weighted by Crippen LogP contribution is 2.18. The molecule has 1 N–H and O–H groups in total. The lowest BCUT2D eigenvalue weighted by Gasteiger charge is -2.26. The molecule has 1 aliphatic rings. The molecule has 2 rings (SSSR count). The number of carbonyl (C=O) groups excluding carboxylic acids is 1. The first-order valence-corrected chi connectivity index (χ1v) is 6.68. The van der Waals surface area contributed by atoms with E-state index in [9.17, 15) is 4.79 Å². The summed E-state index contributed by atoms with van der Waals surface area (Å²) in [4.78, 5) is 14.3. The number of nitrogens with zero attached hydrogens (tertiary/aromatic N) is 1. The third-order valence-electron chi connectivity index (χ3n) is 3.07. The Morgan fingerprint density at radius 1 is 1.41 bits per heavy atom. The fourth-order valence-corrected chi connectivity index (χ4v) is 2.31. The number of rotatable bonds is 3. The predicted octanol–water partition coefficient (Wildman–Crippen LogP) is 1.85. The zero-order valence-corrected chi connectivity index (χ0v) is 11.6. The van der Waals surface area contributed by atoms with Crippen LogP contribution in [0.4, 0.5) is 0 Å². The molecule has 4 heteroatoms. The molecule has 1 aromatic carbocycles. The predicted molar refractivity (Wildman–Crippen MR) is 72.5 cm³/mol. The lowest BCUT2D eigenvalue weighted by molar-refractivity contribution is 0.0921. The number of aryl methyl sites for hydroxylation is 1. The van der Waals surface area contributed by atoms with Gasteiger partial charge >= 0.3 is 0 Å². The minimum atomic E-state index is 0.201. The van der Waals surface area contributed by atoms with Crippen LogP contribution in [0.3, 0.4) is 0 Å². The maximum absolute atomic E-state index is 12.1. The Labute approximate surface area is 110 Å². The van der Waals surface area contributed by atoms with Crippen LogP contribution in [-0.4, -0.2) is 43.4 Å². The number of piperazine rings is 1. The summed E-state index contributed by atoms with van der Waals surface area (Å²) < 4.78 is 1.00. The van der Waals surface area contributed by atoms with Gasteiger partial charge in [-0.15, -0.1) is 0 Å². The van der Waals surface area contributed by atoms with Gasteiger partial charge in [-0.2, -0.15) is 0 Å². The van der Waals surface area contributed by atoms with Gasteiger partial charge in [-0.25, -0.2) is 0 Å². The number of halogens is 1. The van der Waals surface area contributed by atoms with E-state index in [1.807, 2.05) is 25.1 Å². The van der Waals surface area contributed by atoms with E-state index in [2.05, 4.69) is 26.1 Å². The van der Waals surface area contributed by atoms with Crippen LogP contribution in [0.15, 0.2) is 22.7 Å². The number of Topliss-reactive ketones (excluding diaryl/α,β-unsaturated/α-hetero) is 1. The number of hydrogen-bond acceptors (Lipinski definition) is 3. The second-order valence-corrected chi connectivity index (χ2v) is 5.27. The van der Waals surface area contributed by atoms with Crippen LogP contribution in [-0.2, 0) is 0 Å². The van der Waals surface area contributed by atoms with Gasteiger partial charge in [0.15, 0.2) is 5.78 Å². The highest BCUT2D eigenvalue weighted by Gasteiger charge is 2.15. The van der Waals surface area contributed by atoms with E-state index in [0.29, 0.717) is 6.54 Å². The van der Waals surface area contributed by atoms with Crippen molar-refractivity contribution in [2.24, 2.45) is 0 Å². The van der Waals surface area contributed by atoms with Crippen molar-refractivity contribution in [3.63, 3.8) is 0 Å². The van der Waals surface area contributed by atoms with E-state index in [1.165, 1.54) is 0 Å². The lowest BCUT2D eigenvalue weighted by atomic mass is 10.1. The molecule has 1 fully saturated rings. The fourth-order valence-electron chi connectivity index (χ4n) is 1.93. The van der Waals surface area contributed by atoms with E-state index in [4.69, 9.17) is 0 Å². The van der Waals surface area contributed by atoms with Gasteiger partial charge in [-0.05, 0) is 18.6 Å². The van der Waals surface area contributed by atoms with E-state index in [1.54, 1.807) is 0 Å². The topological polar surface area (TPSA) is 32.3 Å². The van der Waals surface area contributed by atoms with Crippen LogP contribution < -0.4 is 5.32 Å². The Kier molecular flexibility index (Phi) is 4.31. The maximum Gasteiger partial charge on any atom is 0.176 e. The van der Waals surface area contributed by atoms with Crippen molar-refractivity contribution in [2.45, 2.75) is 6.92 Å². The van der Waals surface area contributed by atoms with Crippen LogP contribution in [0.1, 0.15) is 15.9 Å². The zero-order chi connectivity index (χ0) is 12.3. The minimum absolute atomic E-state index is 0.201. The molecule has 0 radical (unpaired) electrons. The molecule has 0 spiro atoms. The highest BCUT2D eigenvalue weighted by atomic mass is 79.9. The van der Waals surface area contributed by atoms with Crippen molar-refractivity contribution in [2.75, 3.05) is 32.7 Å². The second-order valence-electron chi connectivity index (χ2n) is 4.41. The van der Waals surface area contributed by atoms with Gasteiger partial charge < -0.3 is 5.32 Å². The van der Waals surface area contributed by atoms with Crippen LogP contribution in [0.5, 0.6) is 0 Å². The maximum atomic E-state index is 12.1. The Hall–Kier alpha value is -0.710. The second kappa shape index (κ2) is 5.76. The first-order chi connectivity index (χ1) is 8.16. The summed E-state index contributed by atoms with van der Waals surface area (Å²) in [6.07, 6.45) is 0. The van der Waals surface area contributed by atoms with Crippen LogP contribution in [0, 0.1) is 6.92 Å². The molecule has 0 atom stereocenters. The molecule has 17 heavy (non-hydrogen) atoms. The normalized spacial score (nSPS) is 17.1. The molecule has 0 saturated carbocycles. The standard InChI is InChI=1S/C13H17BrN2O/c1-10-2-3-11(8-12(10)14)13(17)9-16-6-4-15-5-7-16/h2-3,8,15H,4-7,9H2,1H3.